The molecule has 118 valence electrons. The van der Waals surface area contributed by atoms with Crippen LogP contribution >= 0.6 is 11.8 Å². The topological polar surface area (TPSA) is 115 Å². The van der Waals surface area contributed by atoms with Crippen LogP contribution in [0.4, 0.5) is 17.1 Å². The highest BCUT2D eigenvalue weighted by Gasteiger charge is 2.19. The van der Waals surface area contributed by atoms with E-state index in [1.54, 1.807) is 36.0 Å². The van der Waals surface area contributed by atoms with Gasteiger partial charge in [-0.25, -0.2) is 0 Å². The number of carbonyl (C=O) groups is 1. The molecular formula is C14H11N3O5S. The standard InChI is InChI=1S/C14H11N3O5S/c1-23-13-4-2-10(3-5-13)15-14(18)9-6-11(16(19)20)8-12(7-9)17(21)22/h2-8H,1H3,(H,15,18). The second-order valence-corrected chi connectivity index (χ2v) is 5.31. The molecule has 0 atom stereocenters. The summed E-state index contributed by atoms with van der Waals surface area (Å²) in [4.78, 5) is 33.3. The average molecular weight is 333 g/mol. The van der Waals surface area contributed by atoms with Gasteiger partial charge in [-0.15, -0.1) is 11.8 Å². The van der Waals surface area contributed by atoms with Crippen LogP contribution in [0.15, 0.2) is 47.4 Å². The zero-order valence-corrected chi connectivity index (χ0v) is 12.7. The van der Waals surface area contributed by atoms with Crippen LogP contribution in [-0.4, -0.2) is 22.0 Å². The van der Waals surface area contributed by atoms with Crippen LogP contribution in [0.5, 0.6) is 0 Å². The van der Waals surface area contributed by atoms with E-state index in [0.717, 1.165) is 23.1 Å². The number of benzene rings is 2. The van der Waals surface area contributed by atoms with Gasteiger partial charge in [0.05, 0.1) is 21.5 Å². The molecular weight excluding hydrogens is 322 g/mol. The van der Waals surface area contributed by atoms with E-state index < -0.39 is 27.1 Å². The quantitative estimate of drug-likeness (QED) is 0.509. The molecule has 0 fully saturated rings. The SMILES string of the molecule is CSc1ccc(NC(=O)c2cc([N+](=O)[O-])cc([N+](=O)[O-])c2)cc1. The first kappa shape index (κ1) is 16.4. The second-order valence-electron chi connectivity index (χ2n) is 4.43. The maximum atomic E-state index is 12.2. The summed E-state index contributed by atoms with van der Waals surface area (Å²) in [6, 6.07) is 9.76. The van der Waals surface area contributed by atoms with Crippen LogP contribution in [0.25, 0.3) is 0 Å². The molecule has 1 N–H and O–H groups in total. The molecule has 0 saturated carbocycles. The minimum absolute atomic E-state index is 0.153. The number of rotatable bonds is 5. The summed E-state index contributed by atoms with van der Waals surface area (Å²) < 4.78 is 0. The Morgan fingerprint density at radius 2 is 1.52 bits per heavy atom. The molecule has 2 aromatic carbocycles. The number of anilines is 1. The molecule has 23 heavy (non-hydrogen) atoms. The first-order valence-electron chi connectivity index (χ1n) is 6.30. The first-order valence-corrected chi connectivity index (χ1v) is 7.52. The summed E-state index contributed by atoms with van der Waals surface area (Å²) in [6.07, 6.45) is 1.91. The predicted molar refractivity (Wildman–Crippen MR) is 85.9 cm³/mol. The van der Waals surface area contributed by atoms with Crippen LogP contribution in [0, 0.1) is 20.2 Å². The molecule has 0 bridgehead atoms. The van der Waals surface area contributed by atoms with E-state index in [0.29, 0.717) is 5.69 Å². The van der Waals surface area contributed by atoms with Gasteiger partial charge in [0.15, 0.2) is 0 Å². The van der Waals surface area contributed by atoms with Crippen LogP contribution in [0.2, 0.25) is 0 Å². The molecule has 0 aliphatic heterocycles. The Bertz CT molecular complexity index is 744. The number of nitro groups is 2. The number of nitro benzene ring substituents is 2. The summed E-state index contributed by atoms with van der Waals surface area (Å²) in [5.41, 5.74) is -0.689. The van der Waals surface area contributed by atoms with Gasteiger partial charge >= 0.3 is 0 Å². The van der Waals surface area contributed by atoms with Gasteiger partial charge in [-0.3, -0.25) is 25.0 Å². The summed E-state index contributed by atoms with van der Waals surface area (Å²) in [5.74, 6) is -0.659. The number of hydrogen-bond acceptors (Lipinski definition) is 6. The van der Waals surface area contributed by atoms with Crippen LogP contribution in [0.1, 0.15) is 10.4 Å². The highest BCUT2D eigenvalue weighted by Crippen LogP contribution is 2.24. The maximum absolute atomic E-state index is 12.2. The molecule has 0 saturated heterocycles. The normalized spacial score (nSPS) is 10.1. The largest absolute Gasteiger partial charge is 0.322 e. The van der Waals surface area contributed by atoms with Crippen molar-refractivity contribution in [1.82, 2.24) is 0 Å². The van der Waals surface area contributed by atoms with E-state index in [1.807, 2.05) is 6.26 Å². The molecule has 0 unspecified atom stereocenters. The zero-order valence-electron chi connectivity index (χ0n) is 11.9. The number of thioether (sulfide) groups is 1. The summed E-state index contributed by atoms with van der Waals surface area (Å²) in [6.45, 7) is 0. The number of carbonyl (C=O) groups excluding carboxylic acids is 1. The molecule has 8 nitrogen and oxygen atoms in total. The number of nitrogens with zero attached hydrogens (tertiary/aromatic N) is 2. The Morgan fingerprint density at radius 3 is 1.96 bits per heavy atom. The number of non-ortho nitro benzene ring substituents is 2. The van der Waals surface area contributed by atoms with Crippen molar-refractivity contribution in [3.05, 3.63) is 68.3 Å². The fourth-order valence-electron chi connectivity index (χ4n) is 1.81. The Hall–Kier alpha value is -2.94. The Kier molecular flexibility index (Phi) is 4.91. The van der Waals surface area contributed by atoms with Gasteiger partial charge in [-0.05, 0) is 30.5 Å². The van der Waals surface area contributed by atoms with E-state index in [2.05, 4.69) is 5.32 Å². The van der Waals surface area contributed by atoms with E-state index in [-0.39, 0.29) is 5.56 Å². The molecule has 2 rings (SSSR count). The van der Waals surface area contributed by atoms with Gasteiger partial charge in [0.25, 0.3) is 17.3 Å². The van der Waals surface area contributed by atoms with E-state index in [9.17, 15) is 25.0 Å². The van der Waals surface area contributed by atoms with Crippen LogP contribution in [-0.2, 0) is 0 Å². The van der Waals surface area contributed by atoms with Crippen molar-refractivity contribution in [2.24, 2.45) is 0 Å². The third kappa shape index (κ3) is 4.04. The maximum Gasteiger partial charge on any atom is 0.277 e. The van der Waals surface area contributed by atoms with Crippen molar-refractivity contribution >= 4 is 34.7 Å². The van der Waals surface area contributed by atoms with Crippen molar-refractivity contribution < 1.29 is 14.6 Å². The molecule has 1 amide bonds. The summed E-state index contributed by atoms with van der Waals surface area (Å²) in [5, 5.41) is 24.2. The van der Waals surface area contributed by atoms with Gasteiger partial charge < -0.3 is 5.32 Å². The lowest BCUT2D eigenvalue weighted by Crippen LogP contribution is -2.12. The average Bonchev–Trinajstić information content (AvgIpc) is 2.55. The summed E-state index contributed by atoms with van der Waals surface area (Å²) in [7, 11) is 0. The molecule has 0 spiro atoms. The lowest BCUT2D eigenvalue weighted by molar-refractivity contribution is -0.394. The first-order chi connectivity index (χ1) is 10.9. The summed E-state index contributed by atoms with van der Waals surface area (Å²) >= 11 is 1.54. The lowest BCUT2D eigenvalue weighted by Gasteiger charge is -2.06. The molecule has 0 aliphatic rings. The Labute approximate surface area is 134 Å². The monoisotopic (exact) mass is 333 g/mol. The van der Waals surface area contributed by atoms with Crippen molar-refractivity contribution in [1.29, 1.82) is 0 Å². The molecule has 9 heteroatoms. The number of amides is 1. The Balaban J connectivity index is 2.30. The molecule has 2 aromatic rings. The highest BCUT2D eigenvalue weighted by atomic mass is 32.2. The lowest BCUT2D eigenvalue weighted by atomic mass is 10.1. The molecule has 0 aromatic heterocycles. The van der Waals surface area contributed by atoms with Crippen molar-refractivity contribution in [3.63, 3.8) is 0 Å². The minimum Gasteiger partial charge on any atom is -0.322 e. The molecule has 0 radical (unpaired) electrons. The van der Waals surface area contributed by atoms with E-state index >= 15 is 0 Å². The molecule has 0 aliphatic carbocycles. The van der Waals surface area contributed by atoms with Crippen molar-refractivity contribution in [3.8, 4) is 0 Å². The number of nitrogens with one attached hydrogen (secondary N) is 1. The van der Waals surface area contributed by atoms with Gasteiger partial charge in [0, 0.05) is 22.7 Å². The van der Waals surface area contributed by atoms with Gasteiger partial charge in [0.1, 0.15) is 0 Å². The fourth-order valence-corrected chi connectivity index (χ4v) is 2.22. The smallest absolute Gasteiger partial charge is 0.277 e. The minimum atomic E-state index is -0.781. The van der Waals surface area contributed by atoms with Crippen molar-refractivity contribution in [2.75, 3.05) is 11.6 Å². The van der Waals surface area contributed by atoms with Crippen molar-refractivity contribution in [2.45, 2.75) is 4.90 Å². The number of hydrogen-bond donors (Lipinski definition) is 1. The van der Waals surface area contributed by atoms with Crippen LogP contribution in [0.3, 0.4) is 0 Å². The third-order valence-electron chi connectivity index (χ3n) is 2.93. The fraction of sp³-hybridized carbons (Fsp3) is 0.0714. The highest BCUT2D eigenvalue weighted by molar-refractivity contribution is 7.98. The van der Waals surface area contributed by atoms with Gasteiger partial charge in [0.2, 0.25) is 0 Å². The Morgan fingerprint density at radius 1 is 1.00 bits per heavy atom. The zero-order chi connectivity index (χ0) is 17.0. The predicted octanol–water partition coefficient (Wildman–Crippen LogP) is 3.48. The third-order valence-corrected chi connectivity index (χ3v) is 3.68. The van der Waals surface area contributed by atoms with E-state index in [1.165, 1.54) is 0 Å². The van der Waals surface area contributed by atoms with Crippen LogP contribution < -0.4 is 5.32 Å². The molecule has 0 heterocycles. The van der Waals surface area contributed by atoms with E-state index in [4.69, 9.17) is 0 Å². The van der Waals surface area contributed by atoms with Gasteiger partial charge in [-0.1, -0.05) is 0 Å². The second kappa shape index (κ2) is 6.88. The van der Waals surface area contributed by atoms with Gasteiger partial charge in [-0.2, -0.15) is 0 Å².